The van der Waals surface area contributed by atoms with E-state index in [9.17, 15) is 4.79 Å². The quantitative estimate of drug-likeness (QED) is 0.620. The van der Waals surface area contributed by atoms with Crippen molar-refractivity contribution in [2.45, 2.75) is 20.8 Å². The van der Waals surface area contributed by atoms with Gasteiger partial charge in [-0.05, 0) is 11.8 Å². The van der Waals surface area contributed by atoms with Crippen molar-refractivity contribution in [1.29, 1.82) is 0 Å². The summed E-state index contributed by atoms with van der Waals surface area (Å²) < 4.78 is 0. The smallest absolute Gasteiger partial charge is 0.229 e. The van der Waals surface area contributed by atoms with Gasteiger partial charge in [-0.3, -0.25) is 4.79 Å². The molecule has 1 atom stereocenters. The highest BCUT2D eigenvalue weighted by Crippen LogP contribution is 2.07. The molecule has 1 N–H and O–H groups in total. The first kappa shape index (κ1) is 10.8. The Morgan fingerprint density at radius 3 is 2.36 bits per heavy atom. The first-order chi connectivity index (χ1) is 5.07. The Labute approximate surface area is 74.2 Å². The van der Waals surface area contributed by atoms with Crippen molar-refractivity contribution in [3.8, 4) is 0 Å². The van der Waals surface area contributed by atoms with Gasteiger partial charge in [0, 0.05) is 6.54 Å². The summed E-state index contributed by atoms with van der Waals surface area (Å²) in [5, 5.41) is 2.80. The number of rotatable bonds is 4. The molecule has 0 aromatic carbocycles. The van der Waals surface area contributed by atoms with Gasteiger partial charge < -0.3 is 5.32 Å². The van der Waals surface area contributed by atoms with E-state index in [4.69, 9.17) is 0 Å². The van der Waals surface area contributed by atoms with E-state index in [-0.39, 0.29) is 11.7 Å². The van der Waals surface area contributed by atoms with Crippen LogP contribution >= 0.6 is 12.6 Å². The van der Waals surface area contributed by atoms with Crippen LogP contribution in [0.1, 0.15) is 20.8 Å². The van der Waals surface area contributed by atoms with Crippen LogP contribution in [0.5, 0.6) is 0 Å². The summed E-state index contributed by atoms with van der Waals surface area (Å²) in [6.07, 6.45) is 0. The molecule has 0 saturated heterocycles. The molecule has 0 aromatic heterocycles. The molecule has 3 heteroatoms. The zero-order valence-corrected chi connectivity index (χ0v) is 8.32. The van der Waals surface area contributed by atoms with E-state index in [0.717, 1.165) is 6.54 Å². The van der Waals surface area contributed by atoms with Gasteiger partial charge in [0.25, 0.3) is 0 Å². The molecule has 0 fully saturated rings. The van der Waals surface area contributed by atoms with E-state index in [1.54, 1.807) is 0 Å². The predicted molar refractivity (Wildman–Crippen MR) is 50.9 cm³/mol. The highest BCUT2D eigenvalue weighted by atomic mass is 32.1. The van der Waals surface area contributed by atoms with Crippen molar-refractivity contribution < 1.29 is 4.79 Å². The number of hydrogen-bond donors (Lipinski definition) is 2. The summed E-state index contributed by atoms with van der Waals surface area (Å²) in [5.41, 5.74) is 0. The molecular formula is C8H17NOS. The monoisotopic (exact) mass is 175 g/mol. The van der Waals surface area contributed by atoms with Gasteiger partial charge in [0.05, 0.1) is 5.75 Å². The molecule has 1 unspecified atom stereocenters. The zero-order chi connectivity index (χ0) is 8.85. The standard InChI is InChI=1S/C8H17NOS/c1-6(2)7(3)4-9-8(10)5-11/h6-7,11H,4-5H2,1-3H3,(H,9,10). The maximum Gasteiger partial charge on any atom is 0.229 e. The van der Waals surface area contributed by atoms with Crippen LogP contribution < -0.4 is 5.32 Å². The molecule has 0 spiro atoms. The molecule has 0 aromatic rings. The molecule has 0 aliphatic carbocycles. The van der Waals surface area contributed by atoms with Gasteiger partial charge in [-0.25, -0.2) is 0 Å². The first-order valence-corrected chi connectivity index (χ1v) is 4.58. The molecule has 66 valence electrons. The average Bonchev–Trinajstić information content (AvgIpc) is 1.99. The summed E-state index contributed by atoms with van der Waals surface area (Å²) in [4.78, 5) is 10.8. The van der Waals surface area contributed by atoms with Crippen LogP contribution in [0.3, 0.4) is 0 Å². The number of carbonyl (C=O) groups excluding carboxylic acids is 1. The van der Waals surface area contributed by atoms with Crippen molar-refractivity contribution >= 4 is 18.5 Å². The topological polar surface area (TPSA) is 29.1 Å². The minimum Gasteiger partial charge on any atom is -0.355 e. The van der Waals surface area contributed by atoms with E-state index < -0.39 is 0 Å². The molecular weight excluding hydrogens is 158 g/mol. The van der Waals surface area contributed by atoms with Crippen LogP contribution in [0.2, 0.25) is 0 Å². The summed E-state index contributed by atoms with van der Waals surface area (Å²) in [6, 6.07) is 0. The average molecular weight is 175 g/mol. The van der Waals surface area contributed by atoms with Crippen LogP contribution in [-0.2, 0) is 4.79 Å². The Morgan fingerprint density at radius 2 is 2.00 bits per heavy atom. The second kappa shape index (κ2) is 5.47. The molecule has 1 amide bonds. The fourth-order valence-electron chi connectivity index (χ4n) is 0.566. The van der Waals surface area contributed by atoms with Crippen molar-refractivity contribution in [3.63, 3.8) is 0 Å². The third-order valence-electron chi connectivity index (χ3n) is 1.90. The van der Waals surface area contributed by atoms with Gasteiger partial charge in [0.15, 0.2) is 0 Å². The van der Waals surface area contributed by atoms with Crippen LogP contribution in [0, 0.1) is 11.8 Å². The highest BCUT2D eigenvalue weighted by Gasteiger charge is 2.07. The predicted octanol–water partition coefficient (Wildman–Crippen LogP) is 1.32. The number of amides is 1. The lowest BCUT2D eigenvalue weighted by molar-refractivity contribution is -0.118. The molecule has 0 bridgehead atoms. The van der Waals surface area contributed by atoms with Gasteiger partial charge in [-0.1, -0.05) is 20.8 Å². The number of carbonyl (C=O) groups is 1. The van der Waals surface area contributed by atoms with Gasteiger partial charge in [-0.15, -0.1) is 0 Å². The van der Waals surface area contributed by atoms with Gasteiger partial charge in [0.2, 0.25) is 5.91 Å². The summed E-state index contributed by atoms with van der Waals surface area (Å²) in [5.74, 6) is 1.46. The molecule has 0 radical (unpaired) electrons. The lowest BCUT2D eigenvalue weighted by atomic mass is 9.98. The third-order valence-corrected chi connectivity index (χ3v) is 2.19. The number of thiol groups is 1. The normalized spacial score (nSPS) is 13.2. The maximum atomic E-state index is 10.8. The van der Waals surface area contributed by atoms with Crippen LogP contribution in [0.15, 0.2) is 0 Å². The van der Waals surface area contributed by atoms with Crippen molar-refractivity contribution in [2.75, 3.05) is 12.3 Å². The summed E-state index contributed by atoms with van der Waals surface area (Å²) in [6.45, 7) is 7.19. The van der Waals surface area contributed by atoms with Gasteiger partial charge in [0.1, 0.15) is 0 Å². The van der Waals surface area contributed by atoms with E-state index in [1.807, 2.05) is 0 Å². The van der Waals surface area contributed by atoms with Crippen molar-refractivity contribution in [1.82, 2.24) is 5.32 Å². The minimum absolute atomic E-state index is 0.0147. The highest BCUT2D eigenvalue weighted by molar-refractivity contribution is 7.81. The molecule has 0 aliphatic heterocycles. The number of nitrogens with one attached hydrogen (secondary N) is 1. The van der Waals surface area contributed by atoms with E-state index in [0.29, 0.717) is 11.8 Å². The fourth-order valence-corrected chi connectivity index (χ4v) is 0.678. The zero-order valence-electron chi connectivity index (χ0n) is 7.42. The van der Waals surface area contributed by atoms with Gasteiger partial charge in [-0.2, -0.15) is 12.6 Å². The second-order valence-corrected chi connectivity index (χ2v) is 3.50. The SMILES string of the molecule is CC(C)C(C)CNC(=O)CS. The third kappa shape index (κ3) is 5.13. The molecule has 2 nitrogen and oxygen atoms in total. The van der Waals surface area contributed by atoms with Crippen molar-refractivity contribution in [3.05, 3.63) is 0 Å². The Kier molecular flexibility index (Phi) is 5.38. The Bertz CT molecular complexity index is 125. The molecule has 11 heavy (non-hydrogen) atoms. The minimum atomic E-state index is 0.0147. The van der Waals surface area contributed by atoms with Gasteiger partial charge >= 0.3 is 0 Å². The Hall–Kier alpha value is -0.180. The van der Waals surface area contributed by atoms with Crippen LogP contribution in [0.25, 0.3) is 0 Å². The number of hydrogen-bond acceptors (Lipinski definition) is 2. The lowest BCUT2D eigenvalue weighted by Crippen LogP contribution is -2.30. The first-order valence-electron chi connectivity index (χ1n) is 3.95. The van der Waals surface area contributed by atoms with Crippen LogP contribution in [-0.4, -0.2) is 18.2 Å². The van der Waals surface area contributed by atoms with Crippen molar-refractivity contribution in [2.24, 2.45) is 11.8 Å². The summed E-state index contributed by atoms with van der Waals surface area (Å²) in [7, 11) is 0. The Morgan fingerprint density at radius 1 is 1.45 bits per heavy atom. The van der Waals surface area contributed by atoms with E-state index >= 15 is 0 Å². The maximum absolute atomic E-state index is 10.8. The van der Waals surface area contributed by atoms with E-state index in [1.165, 1.54) is 0 Å². The molecule has 0 rings (SSSR count). The van der Waals surface area contributed by atoms with Crippen LogP contribution in [0.4, 0.5) is 0 Å². The van der Waals surface area contributed by atoms with E-state index in [2.05, 4.69) is 38.7 Å². The molecule has 0 aliphatic rings. The lowest BCUT2D eigenvalue weighted by Gasteiger charge is -2.15. The fraction of sp³-hybridized carbons (Fsp3) is 0.875. The largest absolute Gasteiger partial charge is 0.355 e. The molecule has 0 saturated carbocycles. The Balaban J connectivity index is 3.45. The second-order valence-electron chi connectivity index (χ2n) is 3.18. The summed E-state index contributed by atoms with van der Waals surface area (Å²) >= 11 is 3.86. The molecule has 0 heterocycles.